The van der Waals surface area contributed by atoms with Gasteiger partial charge in [0.15, 0.2) is 0 Å². The van der Waals surface area contributed by atoms with E-state index >= 15 is 0 Å². The quantitative estimate of drug-likeness (QED) is 0.847. The Labute approximate surface area is 114 Å². The van der Waals surface area contributed by atoms with Crippen LogP contribution in [0.15, 0.2) is 30.3 Å². The van der Waals surface area contributed by atoms with Crippen LogP contribution in [0.4, 0.5) is 0 Å². The van der Waals surface area contributed by atoms with Gasteiger partial charge in [0.05, 0.1) is 6.54 Å². The van der Waals surface area contributed by atoms with Crippen molar-refractivity contribution in [3.63, 3.8) is 0 Å². The molecule has 1 fully saturated rings. The van der Waals surface area contributed by atoms with Gasteiger partial charge in [-0.05, 0) is 18.5 Å². The number of likely N-dealkylation sites (N-methyl/N-ethyl adjacent to an activating group) is 1. The number of hydrogen-bond donors (Lipinski definition) is 1. The summed E-state index contributed by atoms with van der Waals surface area (Å²) in [5, 5.41) is 8.92. The lowest BCUT2D eigenvalue weighted by Gasteiger charge is -2.26. The summed E-state index contributed by atoms with van der Waals surface area (Å²) in [4.78, 5) is 15.3. The molecule has 1 N–H and O–H groups in total. The van der Waals surface area contributed by atoms with Gasteiger partial charge in [-0.2, -0.15) is 0 Å². The van der Waals surface area contributed by atoms with E-state index in [9.17, 15) is 4.79 Å². The molecule has 1 atom stereocenters. The van der Waals surface area contributed by atoms with E-state index < -0.39 is 5.97 Å². The number of carboxylic acids is 1. The molecule has 19 heavy (non-hydrogen) atoms. The fraction of sp³-hybridized carbons (Fsp3) is 0.533. The highest BCUT2D eigenvalue weighted by Gasteiger charge is 2.27. The smallest absolute Gasteiger partial charge is 0.317 e. The first-order chi connectivity index (χ1) is 9.19. The number of likely N-dealkylation sites (tertiary alicyclic amines) is 1. The molecule has 0 bridgehead atoms. The van der Waals surface area contributed by atoms with Gasteiger partial charge in [-0.15, -0.1) is 0 Å². The molecule has 1 saturated heterocycles. The SMILES string of the molecule is CCN(CC(=O)O)C1CCN(Cc2ccccc2)C1. The minimum absolute atomic E-state index is 0.153. The molecular weight excluding hydrogens is 240 g/mol. The van der Waals surface area contributed by atoms with E-state index in [0.717, 1.165) is 32.6 Å². The van der Waals surface area contributed by atoms with Crippen LogP contribution in [-0.2, 0) is 11.3 Å². The summed E-state index contributed by atoms with van der Waals surface area (Å²) in [6.45, 7) is 5.97. The van der Waals surface area contributed by atoms with Crippen LogP contribution in [0.2, 0.25) is 0 Å². The third-order valence-corrected chi connectivity index (χ3v) is 3.76. The molecule has 4 heteroatoms. The Balaban J connectivity index is 1.87. The highest BCUT2D eigenvalue weighted by atomic mass is 16.4. The summed E-state index contributed by atoms with van der Waals surface area (Å²) in [5.74, 6) is -0.733. The lowest BCUT2D eigenvalue weighted by molar-refractivity contribution is -0.138. The van der Waals surface area contributed by atoms with Crippen LogP contribution < -0.4 is 0 Å². The molecule has 104 valence electrons. The molecule has 0 spiro atoms. The molecule has 1 heterocycles. The van der Waals surface area contributed by atoms with E-state index in [-0.39, 0.29) is 6.54 Å². The van der Waals surface area contributed by atoms with Gasteiger partial charge in [-0.1, -0.05) is 37.3 Å². The lowest BCUT2D eigenvalue weighted by Crippen LogP contribution is -2.40. The fourth-order valence-corrected chi connectivity index (χ4v) is 2.77. The minimum atomic E-state index is -0.733. The zero-order valence-corrected chi connectivity index (χ0v) is 11.5. The third kappa shape index (κ3) is 4.04. The van der Waals surface area contributed by atoms with E-state index in [1.165, 1.54) is 5.56 Å². The van der Waals surface area contributed by atoms with Crippen molar-refractivity contribution in [2.24, 2.45) is 0 Å². The van der Waals surface area contributed by atoms with Crippen LogP contribution >= 0.6 is 0 Å². The molecule has 1 aliphatic rings. The number of carboxylic acid groups (broad SMARTS) is 1. The molecule has 1 aromatic carbocycles. The Morgan fingerprint density at radius 3 is 2.79 bits per heavy atom. The summed E-state index contributed by atoms with van der Waals surface area (Å²) < 4.78 is 0. The summed E-state index contributed by atoms with van der Waals surface area (Å²) in [7, 11) is 0. The zero-order chi connectivity index (χ0) is 13.7. The maximum absolute atomic E-state index is 10.8. The predicted molar refractivity (Wildman–Crippen MR) is 75.0 cm³/mol. The molecular formula is C15H22N2O2. The summed E-state index contributed by atoms with van der Waals surface area (Å²) in [6, 6.07) is 10.8. The molecule has 0 radical (unpaired) electrons. The number of benzene rings is 1. The molecule has 1 unspecified atom stereocenters. The fourth-order valence-electron chi connectivity index (χ4n) is 2.77. The van der Waals surface area contributed by atoms with Crippen LogP contribution in [0.3, 0.4) is 0 Å². The van der Waals surface area contributed by atoms with Crippen molar-refractivity contribution in [1.82, 2.24) is 9.80 Å². The number of aliphatic carboxylic acids is 1. The van der Waals surface area contributed by atoms with Crippen molar-refractivity contribution in [1.29, 1.82) is 0 Å². The Bertz CT molecular complexity index is 408. The third-order valence-electron chi connectivity index (χ3n) is 3.76. The maximum atomic E-state index is 10.8. The molecule has 4 nitrogen and oxygen atoms in total. The number of nitrogens with zero attached hydrogens (tertiary/aromatic N) is 2. The van der Waals surface area contributed by atoms with Crippen LogP contribution in [0, 0.1) is 0 Å². The van der Waals surface area contributed by atoms with Crippen LogP contribution in [0.1, 0.15) is 18.9 Å². The molecule has 2 rings (SSSR count). The largest absolute Gasteiger partial charge is 0.480 e. The first-order valence-electron chi connectivity index (χ1n) is 6.91. The van der Waals surface area contributed by atoms with E-state index in [0.29, 0.717) is 6.04 Å². The summed E-state index contributed by atoms with van der Waals surface area (Å²) in [5.41, 5.74) is 1.32. The van der Waals surface area contributed by atoms with Gasteiger partial charge in [-0.3, -0.25) is 14.6 Å². The minimum Gasteiger partial charge on any atom is -0.480 e. The number of carbonyl (C=O) groups is 1. The van der Waals surface area contributed by atoms with Gasteiger partial charge in [0.25, 0.3) is 0 Å². The van der Waals surface area contributed by atoms with Crippen LogP contribution in [-0.4, -0.2) is 53.1 Å². The van der Waals surface area contributed by atoms with Gasteiger partial charge < -0.3 is 5.11 Å². The second kappa shape index (κ2) is 6.68. The second-order valence-electron chi connectivity index (χ2n) is 5.12. The van der Waals surface area contributed by atoms with Crippen LogP contribution in [0.25, 0.3) is 0 Å². The van der Waals surface area contributed by atoms with E-state index in [2.05, 4.69) is 34.1 Å². The average molecular weight is 262 g/mol. The topological polar surface area (TPSA) is 43.8 Å². The summed E-state index contributed by atoms with van der Waals surface area (Å²) in [6.07, 6.45) is 1.06. The van der Waals surface area contributed by atoms with E-state index in [1.807, 2.05) is 13.0 Å². The number of hydrogen-bond acceptors (Lipinski definition) is 3. The Kier molecular flexibility index (Phi) is 4.93. The molecule has 0 aliphatic carbocycles. The number of rotatable bonds is 6. The van der Waals surface area contributed by atoms with Crippen molar-refractivity contribution >= 4 is 5.97 Å². The molecule has 0 saturated carbocycles. The van der Waals surface area contributed by atoms with Crippen LogP contribution in [0.5, 0.6) is 0 Å². The normalized spacial score (nSPS) is 20.0. The highest BCUT2D eigenvalue weighted by Crippen LogP contribution is 2.17. The molecule has 0 amide bonds. The van der Waals surface area contributed by atoms with E-state index in [1.54, 1.807) is 0 Å². The summed E-state index contributed by atoms with van der Waals surface area (Å²) >= 11 is 0. The van der Waals surface area contributed by atoms with E-state index in [4.69, 9.17) is 5.11 Å². The van der Waals surface area contributed by atoms with Gasteiger partial charge in [0, 0.05) is 25.7 Å². The Morgan fingerprint density at radius 2 is 2.16 bits per heavy atom. The Hall–Kier alpha value is -1.39. The highest BCUT2D eigenvalue weighted by molar-refractivity contribution is 5.69. The van der Waals surface area contributed by atoms with Gasteiger partial charge in [-0.25, -0.2) is 0 Å². The first kappa shape index (κ1) is 14.0. The molecule has 0 aromatic heterocycles. The van der Waals surface area contributed by atoms with Crippen molar-refractivity contribution in [3.05, 3.63) is 35.9 Å². The van der Waals surface area contributed by atoms with Gasteiger partial charge in [0.2, 0.25) is 0 Å². The molecule has 1 aromatic rings. The van der Waals surface area contributed by atoms with Crippen molar-refractivity contribution in [2.45, 2.75) is 25.9 Å². The lowest BCUT2D eigenvalue weighted by atomic mass is 10.2. The van der Waals surface area contributed by atoms with Crippen molar-refractivity contribution in [2.75, 3.05) is 26.2 Å². The Morgan fingerprint density at radius 1 is 1.42 bits per heavy atom. The average Bonchev–Trinajstić information content (AvgIpc) is 2.85. The van der Waals surface area contributed by atoms with Crippen molar-refractivity contribution < 1.29 is 9.90 Å². The predicted octanol–water partition coefficient (Wildman–Crippen LogP) is 1.67. The van der Waals surface area contributed by atoms with Gasteiger partial charge >= 0.3 is 5.97 Å². The zero-order valence-electron chi connectivity index (χ0n) is 11.5. The maximum Gasteiger partial charge on any atom is 0.317 e. The van der Waals surface area contributed by atoms with Crippen molar-refractivity contribution in [3.8, 4) is 0 Å². The second-order valence-corrected chi connectivity index (χ2v) is 5.12. The monoisotopic (exact) mass is 262 g/mol. The first-order valence-corrected chi connectivity index (χ1v) is 6.91. The standard InChI is InChI=1S/C15H22N2O2/c1-2-17(12-15(18)19)14-8-9-16(11-14)10-13-6-4-3-5-7-13/h3-7,14H,2,8-12H2,1H3,(H,18,19). The molecule has 1 aliphatic heterocycles. The van der Waals surface area contributed by atoms with Gasteiger partial charge in [0.1, 0.15) is 0 Å².